The average molecular weight is 423 g/mol. The second-order valence-corrected chi connectivity index (χ2v) is 9.15. The van der Waals surface area contributed by atoms with Gasteiger partial charge in [0.2, 0.25) is 23.5 Å². The average Bonchev–Trinajstić information content (AvgIpc) is 3.41. The van der Waals surface area contributed by atoms with E-state index < -0.39 is 0 Å². The van der Waals surface area contributed by atoms with Crippen molar-refractivity contribution < 1.29 is 14.1 Å². The fourth-order valence-corrected chi connectivity index (χ4v) is 4.75. The van der Waals surface area contributed by atoms with Crippen molar-refractivity contribution in [3.05, 3.63) is 47.2 Å². The number of hydrogen-bond donors (Lipinski definition) is 1. The molecule has 3 heterocycles. The lowest BCUT2D eigenvalue weighted by Gasteiger charge is -2.20. The van der Waals surface area contributed by atoms with E-state index in [9.17, 15) is 9.59 Å². The topological polar surface area (TPSA) is 88.3 Å². The van der Waals surface area contributed by atoms with Crippen LogP contribution in [0.5, 0.6) is 0 Å². The van der Waals surface area contributed by atoms with Gasteiger partial charge in [0.25, 0.3) is 0 Å². The molecular weight excluding hydrogens is 400 g/mol. The number of rotatable bonds is 5. The van der Waals surface area contributed by atoms with E-state index >= 15 is 0 Å². The Morgan fingerprint density at radius 2 is 2.07 bits per heavy atom. The van der Waals surface area contributed by atoms with Gasteiger partial charge in [0.15, 0.2) is 0 Å². The van der Waals surface area contributed by atoms with E-state index in [0.717, 1.165) is 34.0 Å². The van der Waals surface area contributed by atoms with Crippen molar-refractivity contribution in [2.75, 3.05) is 16.8 Å². The van der Waals surface area contributed by atoms with Crippen LogP contribution in [0.4, 0.5) is 11.4 Å². The third-order valence-electron chi connectivity index (χ3n) is 5.86. The fraction of sp³-hybridized carbons (Fsp3) is 0.364. The van der Waals surface area contributed by atoms with Crippen LogP contribution in [0, 0.1) is 12.8 Å². The minimum absolute atomic E-state index is 0.0283. The second kappa shape index (κ2) is 7.68. The summed E-state index contributed by atoms with van der Waals surface area (Å²) in [5.74, 6) is 1.11. The number of hydrogen-bond acceptors (Lipinski definition) is 6. The van der Waals surface area contributed by atoms with Crippen molar-refractivity contribution in [2.24, 2.45) is 5.92 Å². The molecule has 7 nitrogen and oxygen atoms in total. The molecular formula is C22H22N4O3S. The Balaban J connectivity index is 1.27. The summed E-state index contributed by atoms with van der Waals surface area (Å²) < 4.78 is 5.42. The number of aromatic nitrogens is 2. The predicted molar refractivity (Wildman–Crippen MR) is 114 cm³/mol. The zero-order valence-electron chi connectivity index (χ0n) is 16.6. The summed E-state index contributed by atoms with van der Waals surface area (Å²) in [6, 6.07) is 11.3. The third kappa shape index (κ3) is 3.52. The lowest BCUT2D eigenvalue weighted by molar-refractivity contribution is -0.122. The number of para-hydroxylation sites is 1. The lowest BCUT2D eigenvalue weighted by Crippen LogP contribution is -2.28. The van der Waals surface area contributed by atoms with Gasteiger partial charge in [-0.25, -0.2) is 0 Å². The standard InChI is InChI=1S/C22H22N4O3S/c1-13-17(11-18(30-13)20-24-22(29-25-20)14-6-5-7-14)23-21(28)15-10-19(27)26(12-15)16-8-3-2-4-9-16/h2-4,8-9,11,14-15H,5-7,10,12H2,1H3,(H,23,28)/t15-/m1/s1. The van der Waals surface area contributed by atoms with E-state index in [1.807, 2.05) is 43.3 Å². The van der Waals surface area contributed by atoms with Crippen LogP contribution in [0.1, 0.15) is 42.4 Å². The molecule has 30 heavy (non-hydrogen) atoms. The van der Waals surface area contributed by atoms with Crippen LogP contribution in [0.3, 0.4) is 0 Å². The first-order valence-corrected chi connectivity index (χ1v) is 11.0. The summed E-state index contributed by atoms with van der Waals surface area (Å²) in [6.45, 7) is 2.34. The maximum atomic E-state index is 12.8. The van der Waals surface area contributed by atoms with Gasteiger partial charge in [-0.3, -0.25) is 9.59 Å². The minimum atomic E-state index is -0.379. The first-order valence-electron chi connectivity index (χ1n) is 10.2. The predicted octanol–water partition coefficient (Wildman–Crippen LogP) is 4.37. The molecule has 2 aliphatic rings. The molecule has 1 saturated carbocycles. The molecule has 1 atom stereocenters. The van der Waals surface area contributed by atoms with Gasteiger partial charge in [-0.2, -0.15) is 4.98 Å². The zero-order chi connectivity index (χ0) is 20.7. The fourth-order valence-electron chi connectivity index (χ4n) is 3.85. The number of carbonyl (C=O) groups is 2. The van der Waals surface area contributed by atoms with Crippen LogP contribution >= 0.6 is 11.3 Å². The van der Waals surface area contributed by atoms with Gasteiger partial charge >= 0.3 is 0 Å². The highest BCUT2D eigenvalue weighted by atomic mass is 32.1. The highest BCUT2D eigenvalue weighted by molar-refractivity contribution is 7.16. The summed E-state index contributed by atoms with van der Waals surface area (Å²) in [7, 11) is 0. The molecule has 2 amide bonds. The SMILES string of the molecule is Cc1sc(-c2noc(C3CCC3)n2)cc1NC(=O)[C@@H]1CC(=O)N(c2ccccc2)C1. The van der Waals surface area contributed by atoms with Crippen molar-refractivity contribution in [3.8, 4) is 10.7 Å². The van der Waals surface area contributed by atoms with Crippen LogP contribution in [-0.2, 0) is 9.59 Å². The van der Waals surface area contributed by atoms with Gasteiger partial charge in [0.05, 0.1) is 16.5 Å². The number of nitrogens with one attached hydrogen (secondary N) is 1. The van der Waals surface area contributed by atoms with Crippen molar-refractivity contribution >= 4 is 34.5 Å². The Kier molecular flexibility index (Phi) is 4.86. The number of anilines is 2. The number of aryl methyl sites for hydroxylation is 1. The highest BCUT2D eigenvalue weighted by Crippen LogP contribution is 2.38. The first kappa shape index (κ1) is 19.0. The van der Waals surface area contributed by atoms with Crippen LogP contribution in [0.15, 0.2) is 40.9 Å². The summed E-state index contributed by atoms with van der Waals surface area (Å²) in [4.78, 5) is 33.3. The largest absolute Gasteiger partial charge is 0.339 e. The van der Waals surface area contributed by atoms with E-state index in [2.05, 4.69) is 15.5 Å². The molecule has 1 saturated heterocycles. The molecule has 1 aromatic carbocycles. The van der Waals surface area contributed by atoms with Gasteiger partial charge in [-0.05, 0) is 38.0 Å². The van der Waals surface area contributed by atoms with E-state index in [1.165, 1.54) is 17.8 Å². The summed E-state index contributed by atoms with van der Waals surface area (Å²) >= 11 is 1.52. The molecule has 5 rings (SSSR count). The smallest absolute Gasteiger partial charge is 0.230 e. The van der Waals surface area contributed by atoms with E-state index in [0.29, 0.717) is 24.2 Å². The van der Waals surface area contributed by atoms with E-state index in [1.54, 1.807) is 4.90 Å². The Morgan fingerprint density at radius 1 is 1.27 bits per heavy atom. The van der Waals surface area contributed by atoms with Gasteiger partial charge in [0.1, 0.15) is 0 Å². The van der Waals surface area contributed by atoms with Crippen LogP contribution < -0.4 is 10.2 Å². The number of benzene rings is 1. The highest BCUT2D eigenvalue weighted by Gasteiger charge is 2.35. The molecule has 3 aromatic rings. The third-order valence-corrected chi connectivity index (χ3v) is 6.90. The van der Waals surface area contributed by atoms with Gasteiger partial charge in [-0.1, -0.05) is 29.8 Å². The van der Waals surface area contributed by atoms with Crippen LogP contribution in [-0.4, -0.2) is 28.5 Å². The van der Waals surface area contributed by atoms with Crippen molar-refractivity contribution in [3.63, 3.8) is 0 Å². The molecule has 0 bridgehead atoms. The maximum absolute atomic E-state index is 12.8. The molecule has 154 valence electrons. The molecule has 2 fully saturated rings. The normalized spacial score (nSPS) is 19.2. The molecule has 2 aromatic heterocycles. The lowest BCUT2D eigenvalue weighted by atomic mass is 9.85. The molecule has 1 N–H and O–H groups in total. The Hall–Kier alpha value is -3.00. The second-order valence-electron chi connectivity index (χ2n) is 7.89. The summed E-state index contributed by atoms with van der Waals surface area (Å²) in [5, 5.41) is 7.11. The van der Waals surface area contributed by atoms with Crippen LogP contribution in [0.2, 0.25) is 0 Å². The van der Waals surface area contributed by atoms with Gasteiger partial charge in [-0.15, -0.1) is 11.3 Å². The number of carbonyl (C=O) groups excluding carboxylic acids is 2. The quantitative estimate of drug-likeness (QED) is 0.660. The Labute approximate surface area is 178 Å². The van der Waals surface area contributed by atoms with Crippen LogP contribution in [0.25, 0.3) is 10.7 Å². The van der Waals surface area contributed by atoms with E-state index in [4.69, 9.17) is 4.52 Å². The molecule has 0 unspecified atom stereocenters. The Morgan fingerprint density at radius 3 is 2.80 bits per heavy atom. The number of nitrogens with zero attached hydrogens (tertiary/aromatic N) is 3. The molecule has 0 spiro atoms. The van der Waals surface area contributed by atoms with Gasteiger partial charge in [0, 0.05) is 29.4 Å². The molecule has 1 aliphatic heterocycles. The van der Waals surface area contributed by atoms with E-state index in [-0.39, 0.29) is 24.2 Å². The van der Waals surface area contributed by atoms with Crippen molar-refractivity contribution in [1.29, 1.82) is 0 Å². The zero-order valence-corrected chi connectivity index (χ0v) is 17.4. The summed E-state index contributed by atoms with van der Waals surface area (Å²) in [6.07, 6.45) is 3.63. The number of amides is 2. The minimum Gasteiger partial charge on any atom is -0.339 e. The molecule has 1 aliphatic carbocycles. The Bertz CT molecular complexity index is 1090. The molecule has 0 radical (unpaired) electrons. The van der Waals surface area contributed by atoms with Crippen molar-refractivity contribution in [2.45, 2.75) is 38.5 Å². The molecule has 8 heteroatoms. The maximum Gasteiger partial charge on any atom is 0.230 e. The van der Waals surface area contributed by atoms with Crippen molar-refractivity contribution in [1.82, 2.24) is 10.1 Å². The summed E-state index contributed by atoms with van der Waals surface area (Å²) in [5.41, 5.74) is 1.56. The van der Waals surface area contributed by atoms with Gasteiger partial charge < -0.3 is 14.7 Å². The monoisotopic (exact) mass is 422 g/mol. The first-order chi connectivity index (χ1) is 14.6. The number of thiophene rings is 1.